The summed E-state index contributed by atoms with van der Waals surface area (Å²) < 4.78 is 7.29. The molecule has 2 aliphatic heterocycles. The van der Waals surface area contributed by atoms with Crippen LogP contribution in [0.1, 0.15) is 46.0 Å². The largest absolute Gasteiger partial charge is 0.388 e. The van der Waals surface area contributed by atoms with Crippen LogP contribution in [0.25, 0.3) is 0 Å². The maximum Gasteiger partial charge on any atom is 0.233 e. The highest BCUT2D eigenvalue weighted by atomic mass is 32.1. The molecule has 0 aliphatic carbocycles. The number of thiocarbonyl (C=S) groups is 1. The van der Waals surface area contributed by atoms with Crippen molar-refractivity contribution in [2.24, 2.45) is 11.7 Å². The highest BCUT2D eigenvalue weighted by molar-refractivity contribution is 7.80. The molecule has 0 spiro atoms. The lowest BCUT2D eigenvalue weighted by Crippen LogP contribution is -2.75. The third-order valence-electron chi connectivity index (χ3n) is 5.02. The van der Waals surface area contributed by atoms with Crippen molar-refractivity contribution in [3.05, 3.63) is 12.0 Å². The van der Waals surface area contributed by atoms with Crippen molar-refractivity contribution in [3.63, 3.8) is 0 Å². The second kappa shape index (κ2) is 7.16. The number of nitrogens with zero attached hydrogens (tertiary/aromatic N) is 3. The average molecular weight is 411 g/mol. The fourth-order valence-electron chi connectivity index (χ4n) is 3.64. The highest BCUT2D eigenvalue weighted by Crippen LogP contribution is 2.38. The summed E-state index contributed by atoms with van der Waals surface area (Å²) in [5.74, 6) is -2.58. The molecule has 154 valence electrons. The number of ether oxygens (including phenoxy) is 1. The fourth-order valence-corrected chi connectivity index (χ4v) is 3.94. The van der Waals surface area contributed by atoms with Gasteiger partial charge in [0.15, 0.2) is 17.8 Å². The number of anilines is 1. The summed E-state index contributed by atoms with van der Waals surface area (Å²) in [6.07, 6.45) is -2.10. The highest BCUT2D eigenvalue weighted by Gasteiger charge is 2.51. The van der Waals surface area contributed by atoms with Gasteiger partial charge in [-0.15, -0.1) is 0 Å². The Balaban J connectivity index is 2.09. The van der Waals surface area contributed by atoms with Gasteiger partial charge >= 0.3 is 0 Å². The topological polar surface area (TPSA) is 143 Å². The van der Waals surface area contributed by atoms with E-state index in [2.05, 4.69) is 10.3 Å². The summed E-state index contributed by atoms with van der Waals surface area (Å²) in [5.41, 5.74) is 6.42. The number of imidazole rings is 1. The van der Waals surface area contributed by atoms with Gasteiger partial charge < -0.3 is 20.3 Å². The van der Waals surface area contributed by atoms with E-state index in [4.69, 9.17) is 22.7 Å². The van der Waals surface area contributed by atoms with Gasteiger partial charge in [-0.05, 0) is 12.3 Å². The number of Topliss-reactive ketones (excluding diaryl/α,β-unsaturated/α-hetero) is 1. The molecule has 28 heavy (non-hydrogen) atoms. The van der Waals surface area contributed by atoms with Gasteiger partial charge in [-0.2, -0.15) is 0 Å². The molecule has 0 saturated carbocycles. The minimum absolute atomic E-state index is 0.0933. The second-order valence-electron chi connectivity index (χ2n) is 7.63. The number of rotatable bonds is 4. The van der Waals surface area contributed by atoms with Crippen molar-refractivity contribution >= 4 is 34.7 Å². The molecule has 3 unspecified atom stereocenters. The average Bonchev–Trinajstić information content (AvgIpc) is 3.11. The minimum Gasteiger partial charge on any atom is -0.388 e. The first-order valence-electron chi connectivity index (χ1n) is 9.00. The zero-order valence-corrected chi connectivity index (χ0v) is 16.9. The number of hydrogen-bond acceptors (Lipinski definition) is 8. The van der Waals surface area contributed by atoms with Crippen molar-refractivity contribution in [2.75, 3.05) is 4.90 Å². The third kappa shape index (κ3) is 3.12. The molecule has 3 rings (SSSR count). The molecule has 0 bridgehead atoms. The number of aromatic nitrogens is 2. The molecule has 1 saturated heterocycles. The van der Waals surface area contributed by atoms with E-state index in [1.54, 1.807) is 0 Å². The van der Waals surface area contributed by atoms with Crippen LogP contribution in [0.5, 0.6) is 0 Å². The minimum atomic E-state index is -1.90. The molecule has 5 N–H and O–H groups in total. The zero-order valence-electron chi connectivity index (χ0n) is 16.1. The van der Waals surface area contributed by atoms with Crippen LogP contribution in [0.3, 0.4) is 0 Å². The summed E-state index contributed by atoms with van der Waals surface area (Å²) in [7, 11) is 0. The summed E-state index contributed by atoms with van der Waals surface area (Å²) in [5, 5.41) is 23.6. The summed E-state index contributed by atoms with van der Waals surface area (Å²) in [6.45, 7) is 6.45. The van der Waals surface area contributed by atoms with Crippen LogP contribution in [-0.4, -0.2) is 60.5 Å². The Kier molecular flexibility index (Phi) is 5.32. The summed E-state index contributed by atoms with van der Waals surface area (Å²) in [6, 6.07) is 0. The summed E-state index contributed by atoms with van der Waals surface area (Å²) in [4.78, 5) is 30.0. The molecule has 0 radical (unpaired) electrons. The van der Waals surface area contributed by atoms with Gasteiger partial charge in [0.2, 0.25) is 11.7 Å². The predicted molar refractivity (Wildman–Crippen MR) is 103 cm³/mol. The maximum absolute atomic E-state index is 12.4. The van der Waals surface area contributed by atoms with Crippen LogP contribution < -0.4 is 16.0 Å². The van der Waals surface area contributed by atoms with Crippen molar-refractivity contribution in [3.8, 4) is 0 Å². The van der Waals surface area contributed by atoms with Gasteiger partial charge in [0.25, 0.3) is 0 Å². The van der Waals surface area contributed by atoms with Crippen LogP contribution >= 0.6 is 12.2 Å². The van der Waals surface area contributed by atoms with E-state index in [-0.39, 0.29) is 22.4 Å². The van der Waals surface area contributed by atoms with E-state index in [1.165, 1.54) is 24.7 Å². The number of aliphatic hydroxyl groups is 2. The van der Waals surface area contributed by atoms with Crippen molar-refractivity contribution in [1.82, 2.24) is 14.9 Å². The van der Waals surface area contributed by atoms with Gasteiger partial charge in [-0.25, -0.2) is 4.98 Å². The molecule has 0 aromatic carbocycles. The van der Waals surface area contributed by atoms with Gasteiger partial charge in [-0.1, -0.05) is 26.1 Å². The number of nitrogens with two attached hydrogens (primary N) is 1. The molecule has 1 amide bonds. The van der Waals surface area contributed by atoms with Crippen LogP contribution in [0.4, 0.5) is 5.82 Å². The second-order valence-corrected chi connectivity index (χ2v) is 8.04. The number of hydrogen-bond donors (Lipinski definition) is 4. The van der Waals surface area contributed by atoms with Gasteiger partial charge in [0.05, 0.1) is 12.4 Å². The van der Waals surface area contributed by atoms with Crippen LogP contribution in [0.2, 0.25) is 0 Å². The number of aliphatic hydroxyl groups excluding tert-OH is 2. The van der Waals surface area contributed by atoms with Gasteiger partial charge in [0.1, 0.15) is 22.9 Å². The molecule has 2 aliphatic rings. The molecule has 1 aromatic heterocycles. The lowest BCUT2D eigenvalue weighted by Gasteiger charge is -2.43. The molecule has 3 heterocycles. The first-order valence-corrected chi connectivity index (χ1v) is 9.41. The van der Waals surface area contributed by atoms with Crippen molar-refractivity contribution in [2.45, 2.75) is 64.4 Å². The number of nitrogens with one attached hydrogen (secondary N) is 1. The van der Waals surface area contributed by atoms with E-state index in [0.717, 1.165) is 4.90 Å². The number of carbonyl (C=O) groups excluding carboxylic acids is 2. The van der Waals surface area contributed by atoms with Crippen LogP contribution in [0, 0.1) is 5.92 Å². The van der Waals surface area contributed by atoms with E-state index in [0.29, 0.717) is 6.42 Å². The fraction of sp³-hybridized carbons (Fsp3) is 0.647. The standard InChI is InChI=1S/C17H25N5O5S/c1-7(2)5-10-12(25)13(26)16(27-10)21-6-19-11-14(28)20-17(18,8(3)23)22(9(4)24)15(11)21/h6-7,10,12-13,16,25-26H,5,18H2,1-4H3,(H,20,28)/t10-,12?,13?,16-,17?/m1/s1. The Bertz CT molecular complexity index is 827. The number of fused-ring (bicyclic) bond motifs is 1. The Morgan fingerprint density at radius 2 is 2.04 bits per heavy atom. The Morgan fingerprint density at radius 1 is 1.39 bits per heavy atom. The maximum atomic E-state index is 12.4. The lowest BCUT2D eigenvalue weighted by atomic mass is 10.0. The Labute approximate surface area is 167 Å². The van der Waals surface area contributed by atoms with Crippen LogP contribution in [-0.2, 0) is 14.3 Å². The van der Waals surface area contributed by atoms with E-state index in [1.807, 2.05) is 13.8 Å². The van der Waals surface area contributed by atoms with E-state index >= 15 is 0 Å². The lowest BCUT2D eigenvalue weighted by molar-refractivity contribution is -0.127. The normalized spacial score (nSPS) is 32.4. The van der Waals surface area contributed by atoms with E-state index < -0.39 is 42.0 Å². The van der Waals surface area contributed by atoms with Crippen molar-refractivity contribution < 1.29 is 24.5 Å². The number of amides is 1. The SMILES string of the molecule is CC(=O)N1c2c(ncn2[C@@H]2O[C@H](CC(C)C)C(O)C2O)C(=S)NC1(N)C(C)=O. The predicted octanol–water partition coefficient (Wildman–Crippen LogP) is -0.618. The molecular weight excluding hydrogens is 386 g/mol. The molecule has 5 atom stereocenters. The number of carbonyl (C=O) groups is 2. The molecule has 11 heteroatoms. The van der Waals surface area contributed by atoms with Crippen molar-refractivity contribution in [1.29, 1.82) is 0 Å². The van der Waals surface area contributed by atoms with Crippen LogP contribution in [0.15, 0.2) is 6.33 Å². The molecule has 10 nitrogen and oxygen atoms in total. The quantitative estimate of drug-likeness (QED) is 0.477. The summed E-state index contributed by atoms with van der Waals surface area (Å²) >= 11 is 5.28. The third-order valence-corrected chi connectivity index (χ3v) is 5.31. The first kappa shape index (κ1) is 20.8. The molecular formula is C17H25N5O5S. The van der Waals surface area contributed by atoms with Gasteiger partial charge in [0, 0.05) is 13.8 Å². The smallest absolute Gasteiger partial charge is 0.233 e. The number of ketones is 1. The zero-order chi connectivity index (χ0) is 21.0. The molecule has 1 fully saturated rings. The Morgan fingerprint density at radius 3 is 2.57 bits per heavy atom. The monoisotopic (exact) mass is 411 g/mol. The molecule has 1 aromatic rings. The van der Waals surface area contributed by atoms with Gasteiger partial charge in [-0.3, -0.25) is 24.8 Å². The first-order chi connectivity index (χ1) is 13.0. The van der Waals surface area contributed by atoms with E-state index in [9.17, 15) is 19.8 Å². The Hall–Kier alpha value is -1.92.